The van der Waals surface area contributed by atoms with Gasteiger partial charge < -0.3 is 10.3 Å². The van der Waals surface area contributed by atoms with Gasteiger partial charge in [0.05, 0.1) is 11.3 Å². The van der Waals surface area contributed by atoms with Crippen LogP contribution in [0.5, 0.6) is 0 Å². The fourth-order valence-electron chi connectivity index (χ4n) is 5.63. The van der Waals surface area contributed by atoms with E-state index >= 15 is 0 Å². The highest BCUT2D eigenvalue weighted by atomic mass is 32.1. The average molecular weight is 482 g/mol. The molecule has 4 nitrogen and oxygen atoms in total. The second-order valence-corrected chi connectivity index (χ2v) is 10.9. The number of nitrogens with one attached hydrogen (secondary N) is 2. The molecule has 0 saturated heterocycles. The molecular formula is C30H31N3OS. The van der Waals surface area contributed by atoms with Crippen LogP contribution in [-0.4, -0.2) is 23.1 Å². The van der Waals surface area contributed by atoms with Crippen molar-refractivity contribution < 1.29 is 4.79 Å². The van der Waals surface area contributed by atoms with Gasteiger partial charge in [0, 0.05) is 33.6 Å². The van der Waals surface area contributed by atoms with Crippen molar-refractivity contribution in [2.24, 2.45) is 4.99 Å². The molecule has 5 heteroatoms. The van der Waals surface area contributed by atoms with Crippen LogP contribution in [0.4, 0.5) is 5.00 Å². The molecule has 2 aliphatic carbocycles. The molecule has 6 rings (SSSR count). The van der Waals surface area contributed by atoms with Crippen LogP contribution in [-0.2, 0) is 12.8 Å². The second kappa shape index (κ2) is 9.82. The van der Waals surface area contributed by atoms with E-state index in [1.165, 1.54) is 36.1 Å². The van der Waals surface area contributed by atoms with Crippen LogP contribution in [0.1, 0.15) is 71.3 Å². The summed E-state index contributed by atoms with van der Waals surface area (Å²) in [7, 11) is 0. The Morgan fingerprint density at radius 2 is 1.71 bits per heavy atom. The van der Waals surface area contributed by atoms with E-state index in [4.69, 9.17) is 4.99 Å². The Labute approximate surface area is 210 Å². The first-order chi connectivity index (χ1) is 17.3. The number of benzene rings is 2. The van der Waals surface area contributed by atoms with E-state index in [1.807, 2.05) is 12.3 Å². The van der Waals surface area contributed by atoms with Gasteiger partial charge in [-0.3, -0.25) is 4.79 Å². The molecule has 0 radical (unpaired) electrons. The van der Waals surface area contributed by atoms with Crippen molar-refractivity contribution in [2.75, 3.05) is 0 Å². The highest BCUT2D eigenvalue weighted by Gasteiger charge is 2.27. The van der Waals surface area contributed by atoms with E-state index in [0.29, 0.717) is 6.04 Å². The number of amides is 1. The number of carbonyl (C=O) groups excluding carboxylic acids is 1. The lowest BCUT2D eigenvalue weighted by molar-refractivity contribution is 0.0927. The Hall–Kier alpha value is -3.18. The lowest BCUT2D eigenvalue weighted by Gasteiger charge is -2.23. The van der Waals surface area contributed by atoms with Gasteiger partial charge in [0.15, 0.2) is 0 Å². The fourth-order valence-corrected chi connectivity index (χ4v) is 6.86. The van der Waals surface area contributed by atoms with Crippen LogP contribution in [0.15, 0.2) is 59.6 Å². The predicted octanol–water partition coefficient (Wildman–Crippen LogP) is 7.59. The molecule has 0 atom stereocenters. The summed E-state index contributed by atoms with van der Waals surface area (Å²) in [6, 6.07) is 19.0. The lowest BCUT2D eigenvalue weighted by Crippen LogP contribution is -2.36. The van der Waals surface area contributed by atoms with E-state index in [1.54, 1.807) is 11.3 Å². The lowest BCUT2D eigenvalue weighted by atomic mass is 9.93. The molecule has 4 aromatic rings. The fraction of sp³-hybridized carbons (Fsp3) is 0.333. The minimum absolute atomic E-state index is 0.0747. The number of hydrogen-bond donors (Lipinski definition) is 2. The third-order valence-corrected chi connectivity index (χ3v) is 8.64. The Bertz CT molecular complexity index is 1380. The number of aromatic nitrogens is 1. The van der Waals surface area contributed by atoms with Gasteiger partial charge in [0.2, 0.25) is 0 Å². The van der Waals surface area contributed by atoms with Gasteiger partial charge in [0.1, 0.15) is 5.00 Å². The summed E-state index contributed by atoms with van der Waals surface area (Å²) in [6.45, 7) is 0. The van der Waals surface area contributed by atoms with Gasteiger partial charge in [0.25, 0.3) is 5.91 Å². The van der Waals surface area contributed by atoms with Gasteiger partial charge in [-0.05, 0) is 55.7 Å². The first-order valence-corrected chi connectivity index (χ1v) is 13.7. The number of nitrogens with zero attached hydrogens (tertiary/aromatic N) is 1. The number of fused-ring (bicyclic) bond motifs is 2. The first kappa shape index (κ1) is 22.3. The van der Waals surface area contributed by atoms with Gasteiger partial charge in [-0.15, -0.1) is 11.3 Å². The number of rotatable bonds is 5. The van der Waals surface area contributed by atoms with E-state index in [-0.39, 0.29) is 5.91 Å². The highest BCUT2D eigenvalue weighted by Crippen LogP contribution is 2.40. The maximum atomic E-state index is 13.5. The highest BCUT2D eigenvalue weighted by molar-refractivity contribution is 7.16. The summed E-state index contributed by atoms with van der Waals surface area (Å²) >= 11 is 1.71. The van der Waals surface area contributed by atoms with Crippen molar-refractivity contribution in [1.82, 2.24) is 10.3 Å². The van der Waals surface area contributed by atoms with E-state index in [0.717, 1.165) is 70.4 Å². The molecule has 2 heterocycles. The number of H-pyrrole nitrogens is 1. The number of para-hydroxylation sites is 1. The third-order valence-electron chi connectivity index (χ3n) is 7.44. The molecule has 1 amide bonds. The van der Waals surface area contributed by atoms with Crippen LogP contribution in [0, 0.1) is 0 Å². The van der Waals surface area contributed by atoms with Crippen LogP contribution in [0.25, 0.3) is 22.2 Å². The zero-order valence-electron chi connectivity index (χ0n) is 20.0. The number of aromatic amines is 1. The maximum Gasteiger partial charge on any atom is 0.254 e. The van der Waals surface area contributed by atoms with Gasteiger partial charge in [-0.25, -0.2) is 4.99 Å². The molecule has 35 heavy (non-hydrogen) atoms. The summed E-state index contributed by atoms with van der Waals surface area (Å²) in [5.41, 5.74) is 6.41. The number of thiophene rings is 1. The summed E-state index contributed by atoms with van der Waals surface area (Å²) in [5.74, 6) is 0.0747. The minimum atomic E-state index is 0.0747. The van der Waals surface area contributed by atoms with Crippen molar-refractivity contribution in [3.63, 3.8) is 0 Å². The van der Waals surface area contributed by atoms with Crippen molar-refractivity contribution in [1.29, 1.82) is 0 Å². The summed E-state index contributed by atoms with van der Waals surface area (Å²) in [4.78, 5) is 23.5. The summed E-state index contributed by atoms with van der Waals surface area (Å²) < 4.78 is 0. The Kier molecular flexibility index (Phi) is 6.26. The smallest absolute Gasteiger partial charge is 0.254 e. The Morgan fingerprint density at radius 3 is 2.57 bits per heavy atom. The minimum Gasteiger partial charge on any atom is -0.354 e. The quantitative estimate of drug-likeness (QED) is 0.284. The molecule has 2 aromatic heterocycles. The van der Waals surface area contributed by atoms with Crippen molar-refractivity contribution in [3.05, 3.63) is 76.2 Å². The van der Waals surface area contributed by atoms with Crippen molar-refractivity contribution in [3.8, 4) is 11.3 Å². The molecule has 0 spiro atoms. The van der Waals surface area contributed by atoms with Crippen molar-refractivity contribution in [2.45, 2.75) is 63.8 Å². The largest absolute Gasteiger partial charge is 0.354 e. The second-order valence-electron chi connectivity index (χ2n) is 9.78. The molecular weight excluding hydrogens is 450 g/mol. The van der Waals surface area contributed by atoms with Crippen LogP contribution in [0.3, 0.4) is 0 Å². The molecule has 0 aliphatic heterocycles. The van der Waals surface area contributed by atoms with Crippen molar-refractivity contribution >= 4 is 39.4 Å². The van der Waals surface area contributed by atoms with Crippen LogP contribution < -0.4 is 5.32 Å². The number of carbonyl (C=O) groups is 1. The van der Waals surface area contributed by atoms with Gasteiger partial charge >= 0.3 is 0 Å². The molecule has 1 fully saturated rings. The number of hydrogen-bond acceptors (Lipinski definition) is 3. The monoisotopic (exact) mass is 481 g/mol. The summed E-state index contributed by atoms with van der Waals surface area (Å²) in [5, 5.41) is 5.36. The number of aliphatic imine (C=N–C) groups is 1. The molecule has 0 unspecified atom stereocenters. The average Bonchev–Trinajstić information content (AvgIpc) is 3.47. The topological polar surface area (TPSA) is 57.2 Å². The SMILES string of the molecule is O=C(NC1CCCCC1)c1c(N=Cc2c(-c3ccccc3)[nH]c3ccccc23)sc2c1CCCC2. The molecule has 1 saturated carbocycles. The Morgan fingerprint density at radius 1 is 0.943 bits per heavy atom. The molecule has 178 valence electrons. The normalized spacial score (nSPS) is 16.6. The first-order valence-electron chi connectivity index (χ1n) is 12.9. The van der Waals surface area contributed by atoms with E-state index < -0.39 is 0 Å². The standard InChI is InChI=1S/C30H31N3OS/c34-29(32-21-13-5-2-6-14-21)27-23-16-8-10-18-26(23)35-30(27)31-19-24-22-15-7-9-17-25(22)33-28(24)20-11-3-1-4-12-20/h1,3-4,7,9,11-12,15,17,19,21,33H,2,5-6,8,10,13-14,16,18H2,(H,32,34). The van der Waals surface area contributed by atoms with E-state index in [2.05, 4.69) is 58.8 Å². The molecule has 2 aliphatic rings. The van der Waals surface area contributed by atoms with Crippen LogP contribution in [0.2, 0.25) is 0 Å². The number of aryl methyl sites for hydroxylation is 1. The van der Waals surface area contributed by atoms with Gasteiger partial charge in [-0.2, -0.15) is 0 Å². The van der Waals surface area contributed by atoms with Crippen LogP contribution >= 0.6 is 11.3 Å². The molecule has 0 bridgehead atoms. The van der Waals surface area contributed by atoms with E-state index in [9.17, 15) is 4.79 Å². The summed E-state index contributed by atoms with van der Waals surface area (Å²) in [6.07, 6.45) is 12.2. The molecule has 2 N–H and O–H groups in total. The zero-order chi connectivity index (χ0) is 23.6. The molecule has 2 aromatic carbocycles. The van der Waals surface area contributed by atoms with Gasteiger partial charge in [-0.1, -0.05) is 67.8 Å². The third kappa shape index (κ3) is 4.45. The Balaban J connectivity index is 1.40. The maximum absolute atomic E-state index is 13.5. The zero-order valence-corrected chi connectivity index (χ0v) is 20.8. The predicted molar refractivity (Wildman–Crippen MR) is 146 cm³/mol.